The Morgan fingerprint density at radius 3 is 2.85 bits per heavy atom. The Morgan fingerprint density at radius 2 is 2.15 bits per heavy atom. The number of carbonyl (C=O) groups excluding carboxylic acids is 1. The van der Waals surface area contributed by atoms with Crippen LogP contribution in [0.25, 0.3) is 0 Å². The van der Waals surface area contributed by atoms with Gasteiger partial charge in [0.2, 0.25) is 0 Å². The molecule has 1 aromatic heterocycles. The molecule has 1 saturated heterocycles. The largest absolute Gasteiger partial charge is 0.331 e. The Kier molecular flexibility index (Phi) is 3.65. The summed E-state index contributed by atoms with van der Waals surface area (Å²) in [4.78, 5) is 18.3. The van der Waals surface area contributed by atoms with Gasteiger partial charge >= 0.3 is 6.03 Å². The summed E-state index contributed by atoms with van der Waals surface area (Å²) >= 11 is 0. The van der Waals surface area contributed by atoms with E-state index in [1.54, 1.807) is 4.90 Å². The smallest absolute Gasteiger partial charge is 0.319 e. The normalized spacial score (nSPS) is 22.9. The molecule has 0 aliphatic carbocycles. The van der Waals surface area contributed by atoms with E-state index in [1.807, 2.05) is 31.3 Å². The molecular formula is C14H23N5O. The van der Waals surface area contributed by atoms with E-state index in [-0.39, 0.29) is 12.1 Å². The fourth-order valence-corrected chi connectivity index (χ4v) is 3.21. The lowest BCUT2D eigenvalue weighted by molar-refractivity contribution is 0.130. The van der Waals surface area contributed by atoms with Gasteiger partial charge in [-0.25, -0.2) is 4.79 Å². The second-order valence-electron chi connectivity index (χ2n) is 5.99. The van der Waals surface area contributed by atoms with Crippen molar-refractivity contribution >= 4 is 6.03 Å². The third-order valence-corrected chi connectivity index (χ3v) is 4.20. The summed E-state index contributed by atoms with van der Waals surface area (Å²) in [6, 6.07) is 2.38. The number of amides is 2. The lowest BCUT2D eigenvalue weighted by Gasteiger charge is -2.36. The Morgan fingerprint density at radius 1 is 1.40 bits per heavy atom. The van der Waals surface area contributed by atoms with Crippen molar-refractivity contribution in [2.45, 2.75) is 25.4 Å². The summed E-state index contributed by atoms with van der Waals surface area (Å²) in [5.74, 6) is 0. The molecule has 2 amide bonds. The number of urea groups is 1. The van der Waals surface area contributed by atoms with Crippen molar-refractivity contribution in [2.24, 2.45) is 0 Å². The summed E-state index contributed by atoms with van der Waals surface area (Å²) in [7, 11) is 3.62. The van der Waals surface area contributed by atoms with Crippen LogP contribution >= 0.6 is 0 Å². The van der Waals surface area contributed by atoms with E-state index >= 15 is 0 Å². The van der Waals surface area contributed by atoms with Crippen molar-refractivity contribution in [1.82, 2.24) is 24.5 Å². The number of hydrogen-bond acceptors (Lipinski definition) is 3. The van der Waals surface area contributed by atoms with Crippen molar-refractivity contribution in [1.29, 1.82) is 0 Å². The molecule has 2 aliphatic heterocycles. The maximum atomic E-state index is 12.2. The zero-order valence-electron chi connectivity index (χ0n) is 12.3. The molecule has 0 N–H and O–H groups in total. The van der Waals surface area contributed by atoms with Crippen LogP contribution in [-0.4, -0.2) is 70.8 Å². The van der Waals surface area contributed by atoms with Gasteiger partial charge < -0.3 is 14.7 Å². The van der Waals surface area contributed by atoms with E-state index in [2.05, 4.69) is 14.7 Å². The number of carbonyl (C=O) groups is 1. The lowest BCUT2D eigenvalue weighted by Crippen LogP contribution is -2.48. The first-order valence-corrected chi connectivity index (χ1v) is 7.36. The maximum absolute atomic E-state index is 12.2. The Balaban J connectivity index is 1.76. The Labute approximate surface area is 119 Å². The summed E-state index contributed by atoms with van der Waals surface area (Å²) in [5.41, 5.74) is 1.13. The number of fused-ring (bicyclic) bond motifs is 1. The number of aromatic nitrogens is 2. The number of likely N-dealkylation sites (tertiary alicyclic amines) is 1. The fourth-order valence-electron chi connectivity index (χ4n) is 3.21. The SMILES string of the molecule is CN(C)C(=O)N1Cc2ccnn2[C@H](CN2CCCC2)C1. The number of hydrogen-bond donors (Lipinski definition) is 0. The molecular weight excluding hydrogens is 254 g/mol. The first-order chi connectivity index (χ1) is 9.65. The molecule has 0 radical (unpaired) electrons. The van der Waals surface area contributed by atoms with Crippen molar-refractivity contribution in [3.8, 4) is 0 Å². The van der Waals surface area contributed by atoms with Gasteiger partial charge in [0.15, 0.2) is 0 Å². The van der Waals surface area contributed by atoms with Crippen molar-refractivity contribution in [3.05, 3.63) is 18.0 Å². The van der Waals surface area contributed by atoms with Gasteiger partial charge in [0, 0.05) is 33.4 Å². The fraction of sp³-hybridized carbons (Fsp3) is 0.714. The second-order valence-corrected chi connectivity index (χ2v) is 5.99. The predicted molar refractivity (Wildman–Crippen MR) is 76.4 cm³/mol. The highest BCUT2D eigenvalue weighted by Gasteiger charge is 2.30. The summed E-state index contributed by atoms with van der Waals surface area (Å²) in [6.45, 7) is 4.76. The molecule has 1 atom stereocenters. The van der Waals surface area contributed by atoms with Crippen LogP contribution in [0.2, 0.25) is 0 Å². The first kappa shape index (κ1) is 13.4. The molecule has 0 bridgehead atoms. The van der Waals surface area contributed by atoms with Crippen LogP contribution in [0.3, 0.4) is 0 Å². The van der Waals surface area contributed by atoms with Crippen LogP contribution in [0.4, 0.5) is 4.79 Å². The molecule has 110 valence electrons. The van der Waals surface area contributed by atoms with Crippen LogP contribution in [0.1, 0.15) is 24.6 Å². The van der Waals surface area contributed by atoms with E-state index in [0.29, 0.717) is 6.54 Å². The van der Waals surface area contributed by atoms with Crippen LogP contribution < -0.4 is 0 Å². The van der Waals surface area contributed by atoms with E-state index in [4.69, 9.17) is 0 Å². The zero-order valence-corrected chi connectivity index (χ0v) is 12.3. The molecule has 0 saturated carbocycles. The van der Waals surface area contributed by atoms with Crippen molar-refractivity contribution < 1.29 is 4.79 Å². The quantitative estimate of drug-likeness (QED) is 0.810. The molecule has 6 heteroatoms. The standard InChI is InChI=1S/C14H23N5O/c1-16(2)14(20)18-10-12-5-6-15-19(12)13(11-18)9-17-7-3-4-8-17/h5-6,13H,3-4,7-11H2,1-2H3/t13-/m1/s1. The zero-order chi connectivity index (χ0) is 14.1. The average molecular weight is 277 g/mol. The van der Waals surface area contributed by atoms with Crippen LogP contribution in [0.15, 0.2) is 12.3 Å². The minimum absolute atomic E-state index is 0.0869. The minimum Gasteiger partial charge on any atom is -0.331 e. The van der Waals surface area contributed by atoms with Gasteiger partial charge in [0.05, 0.1) is 18.3 Å². The van der Waals surface area contributed by atoms with Gasteiger partial charge in [-0.05, 0) is 32.0 Å². The maximum Gasteiger partial charge on any atom is 0.319 e. The van der Waals surface area contributed by atoms with E-state index in [1.165, 1.54) is 25.9 Å². The molecule has 3 heterocycles. The molecule has 20 heavy (non-hydrogen) atoms. The molecule has 0 unspecified atom stereocenters. The van der Waals surface area contributed by atoms with Crippen LogP contribution in [-0.2, 0) is 6.54 Å². The molecule has 0 aromatic carbocycles. The van der Waals surface area contributed by atoms with Gasteiger partial charge in [-0.3, -0.25) is 4.68 Å². The van der Waals surface area contributed by atoms with Gasteiger partial charge in [-0.2, -0.15) is 5.10 Å². The Hall–Kier alpha value is -1.56. The van der Waals surface area contributed by atoms with E-state index < -0.39 is 0 Å². The first-order valence-electron chi connectivity index (χ1n) is 7.36. The monoisotopic (exact) mass is 277 g/mol. The molecule has 0 spiro atoms. The van der Waals surface area contributed by atoms with Gasteiger partial charge in [-0.1, -0.05) is 0 Å². The number of rotatable bonds is 2. The lowest BCUT2D eigenvalue weighted by atomic mass is 10.2. The number of nitrogens with zero attached hydrogens (tertiary/aromatic N) is 5. The third-order valence-electron chi connectivity index (χ3n) is 4.20. The van der Waals surface area contributed by atoms with E-state index in [9.17, 15) is 4.79 Å². The third kappa shape index (κ3) is 2.52. The van der Waals surface area contributed by atoms with Crippen LogP contribution in [0.5, 0.6) is 0 Å². The highest BCUT2D eigenvalue weighted by molar-refractivity contribution is 5.74. The van der Waals surface area contributed by atoms with Crippen molar-refractivity contribution in [2.75, 3.05) is 40.3 Å². The van der Waals surface area contributed by atoms with Crippen molar-refractivity contribution in [3.63, 3.8) is 0 Å². The second kappa shape index (κ2) is 5.44. The molecule has 6 nitrogen and oxygen atoms in total. The average Bonchev–Trinajstić information content (AvgIpc) is 3.07. The topological polar surface area (TPSA) is 44.6 Å². The van der Waals surface area contributed by atoms with E-state index in [0.717, 1.165) is 18.8 Å². The molecule has 2 aliphatic rings. The predicted octanol–water partition coefficient (Wildman–Crippen LogP) is 1.02. The molecule has 3 rings (SSSR count). The van der Waals surface area contributed by atoms with Gasteiger partial charge in [0.1, 0.15) is 0 Å². The minimum atomic E-state index is 0.0869. The van der Waals surface area contributed by atoms with Crippen LogP contribution in [0, 0.1) is 0 Å². The summed E-state index contributed by atoms with van der Waals surface area (Å²) < 4.78 is 2.11. The summed E-state index contributed by atoms with van der Waals surface area (Å²) in [5, 5.41) is 4.46. The summed E-state index contributed by atoms with van der Waals surface area (Å²) in [6.07, 6.45) is 4.42. The van der Waals surface area contributed by atoms with Gasteiger partial charge in [0.25, 0.3) is 0 Å². The van der Waals surface area contributed by atoms with Gasteiger partial charge in [-0.15, -0.1) is 0 Å². The highest BCUT2D eigenvalue weighted by Crippen LogP contribution is 2.23. The Bertz CT molecular complexity index is 478. The highest BCUT2D eigenvalue weighted by atomic mass is 16.2. The molecule has 1 aromatic rings. The molecule has 1 fully saturated rings.